The number of aromatic nitrogens is 3. The number of aryl methyl sites for hydroxylation is 2. The summed E-state index contributed by atoms with van der Waals surface area (Å²) in [7, 11) is -3.43. The molecule has 2 N–H and O–H groups in total. The van der Waals surface area contributed by atoms with E-state index in [-0.39, 0.29) is 6.54 Å². The molecule has 0 bridgehead atoms. The highest BCUT2D eigenvalue weighted by Crippen LogP contribution is 2.03. The molecular formula is C15H21N5O3S. The van der Waals surface area contributed by atoms with E-state index < -0.39 is 22.0 Å². The lowest BCUT2D eigenvalue weighted by Gasteiger charge is -2.13. The smallest absolute Gasteiger partial charge is 0.238 e. The van der Waals surface area contributed by atoms with Crippen LogP contribution in [-0.4, -0.2) is 41.4 Å². The van der Waals surface area contributed by atoms with Crippen LogP contribution in [0.5, 0.6) is 0 Å². The second-order valence-electron chi connectivity index (χ2n) is 5.51. The molecule has 0 saturated carbocycles. The summed E-state index contributed by atoms with van der Waals surface area (Å²) in [5.74, 6) is 0.198. The molecule has 1 heterocycles. The summed E-state index contributed by atoms with van der Waals surface area (Å²) in [6, 6.07) is 9.18. The summed E-state index contributed by atoms with van der Waals surface area (Å²) in [5.41, 5.74) is 1.20. The molecule has 1 unspecified atom stereocenters. The second kappa shape index (κ2) is 8.02. The van der Waals surface area contributed by atoms with E-state index in [1.165, 1.54) is 12.5 Å². The first-order valence-corrected chi connectivity index (χ1v) is 9.40. The molecule has 2 rings (SSSR count). The highest BCUT2D eigenvalue weighted by molar-refractivity contribution is 7.88. The van der Waals surface area contributed by atoms with Crippen LogP contribution in [0, 0.1) is 0 Å². The molecule has 0 aliphatic rings. The molecule has 2 aromatic rings. The maximum atomic E-state index is 11.9. The zero-order valence-corrected chi connectivity index (χ0v) is 14.5. The van der Waals surface area contributed by atoms with Crippen LogP contribution in [0.1, 0.15) is 18.3 Å². The Morgan fingerprint density at radius 3 is 2.67 bits per heavy atom. The summed E-state index contributed by atoms with van der Waals surface area (Å²) in [5, 5.41) is 10.5. The minimum Gasteiger partial charge on any atom is -0.347 e. The van der Waals surface area contributed by atoms with Gasteiger partial charge in [-0.25, -0.2) is 13.1 Å². The van der Waals surface area contributed by atoms with Gasteiger partial charge in [0.2, 0.25) is 15.9 Å². The predicted molar refractivity (Wildman–Crippen MR) is 89.5 cm³/mol. The van der Waals surface area contributed by atoms with Crippen molar-refractivity contribution in [1.29, 1.82) is 0 Å². The van der Waals surface area contributed by atoms with Crippen molar-refractivity contribution in [3.63, 3.8) is 0 Å². The van der Waals surface area contributed by atoms with Crippen LogP contribution in [0.2, 0.25) is 0 Å². The summed E-state index contributed by atoms with van der Waals surface area (Å²) >= 11 is 0. The summed E-state index contributed by atoms with van der Waals surface area (Å²) in [4.78, 5) is 11.9. The minimum atomic E-state index is -3.43. The van der Waals surface area contributed by atoms with Gasteiger partial charge in [-0.15, -0.1) is 10.2 Å². The van der Waals surface area contributed by atoms with Crippen LogP contribution >= 0.6 is 0 Å². The number of hydrogen-bond acceptors (Lipinski definition) is 5. The number of nitrogens with zero attached hydrogens (tertiary/aromatic N) is 3. The van der Waals surface area contributed by atoms with E-state index >= 15 is 0 Å². The SMILES string of the molecule is CC(NS(C)(=O)=O)C(=O)NCc1nncn1CCc1ccccc1. The molecule has 1 atom stereocenters. The Bertz CT molecular complexity index is 773. The lowest BCUT2D eigenvalue weighted by atomic mass is 10.1. The van der Waals surface area contributed by atoms with Gasteiger partial charge in [-0.1, -0.05) is 30.3 Å². The van der Waals surface area contributed by atoms with E-state index in [4.69, 9.17) is 0 Å². The zero-order valence-electron chi connectivity index (χ0n) is 13.6. The topological polar surface area (TPSA) is 106 Å². The van der Waals surface area contributed by atoms with Gasteiger partial charge < -0.3 is 9.88 Å². The lowest BCUT2D eigenvalue weighted by Crippen LogP contribution is -2.44. The highest BCUT2D eigenvalue weighted by atomic mass is 32.2. The Labute approximate surface area is 141 Å². The van der Waals surface area contributed by atoms with Crippen LogP contribution in [0.3, 0.4) is 0 Å². The number of amides is 1. The predicted octanol–water partition coefficient (Wildman–Crippen LogP) is 0.0747. The van der Waals surface area contributed by atoms with Gasteiger partial charge >= 0.3 is 0 Å². The van der Waals surface area contributed by atoms with Gasteiger partial charge in [0.15, 0.2) is 5.82 Å². The van der Waals surface area contributed by atoms with E-state index in [0.717, 1.165) is 12.7 Å². The molecule has 130 valence electrons. The quantitative estimate of drug-likeness (QED) is 0.700. The fourth-order valence-electron chi connectivity index (χ4n) is 2.19. The van der Waals surface area contributed by atoms with Crippen molar-refractivity contribution in [2.75, 3.05) is 6.26 Å². The largest absolute Gasteiger partial charge is 0.347 e. The maximum Gasteiger partial charge on any atom is 0.238 e. The van der Waals surface area contributed by atoms with E-state index in [1.807, 2.05) is 34.9 Å². The standard InChI is InChI=1S/C15H21N5O3S/c1-12(19-24(2,22)23)15(21)16-10-14-18-17-11-20(14)9-8-13-6-4-3-5-7-13/h3-7,11-12,19H,8-10H2,1-2H3,(H,16,21). The molecule has 0 aliphatic heterocycles. The van der Waals surface area contributed by atoms with Crippen LogP contribution < -0.4 is 10.0 Å². The second-order valence-corrected chi connectivity index (χ2v) is 7.29. The molecule has 0 saturated heterocycles. The Balaban J connectivity index is 1.87. The normalized spacial score (nSPS) is 12.8. The average Bonchev–Trinajstić information content (AvgIpc) is 2.97. The molecule has 0 radical (unpaired) electrons. The monoisotopic (exact) mass is 351 g/mol. The Hall–Kier alpha value is -2.26. The average molecular weight is 351 g/mol. The number of hydrogen-bond donors (Lipinski definition) is 2. The van der Waals surface area contributed by atoms with E-state index in [1.54, 1.807) is 6.33 Å². The van der Waals surface area contributed by atoms with Gasteiger partial charge in [0, 0.05) is 6.54 Å². The summed E-state index contributed by atoms with van der Waals surface area (Å²) in [6.45, 7) is 2.36. The van der Waals surface area contributed by atoms with Gasteiger partial charge in [0.1, 0.15) is 6.33 Å². The van der Waals surface area contributed by atoms with E-state index in [0.29, 0.717) is 12.4 Å². The van der Waals surface area contributed by atoms with Crippen molar-refractivity contribution in [2.45, 2.75) is 32.5 Å². The first-order valence-electron chi connectivity index (χ1n) is 7.51. The summed E-state index contributed by atoms with van der Waals surface area (Å²) in [6.07, 6.45) is 3.45. The Morgan fingerprint density at radius 2 is 2.00 bits per heavy atom. The number of benzene rings is 1. The van der Waals surface area contributed by atoms with Crippen LogP contribution in [-0.2, 0) is 34.3 Å². The number of sulfonamides is 1. The van der Waals surface area contributed by atoms with Gasteiger partial charge in [0.25, 0.3) is 0 Å². The summed E-state index contributed by atoms with van der Waals surface area (Å²) < 4.78 is 26.4. The first kappa shape index (κ1) is 18.1. The third-order valence-corrected chi connectivity index (χ3v) is 4.17. The van der Waals surface area contributed by atoms with Crippen LogP contribution in [0.15, 0.2) is 36.7 Å². The van der Waals surface area contributed by atoms with Crippen molar-refractivity contribution in [3.05, 3.63) is 48.0 Å². The molecule has 1 amide bonds. The number of rotatable bonds is 8. The Morgan fingerprint density at radius 1 is 1.29 bits per heavy atom. The molecule has 1 aromatic carbocycles. The van der Waals surface area contributed by atoms with Gasteiger partial charge in [-0.2, -0.15) is 0 Å². The Kier molecular flexibility index (Phi) is 6.04. The van der Waals surface area contributed by atoms with Crippen molar-refractivity contribution in [3.8, 4) is 0 Å². The third kappa shape index (κ3) is 5.74. The molecule has 0 spiro atoms. The van der Waals surface area contributed by atoms with Crippen LogP contribution in [0.4, 0.5) is 0 Å². The number of carbonyl (C=O) groups excluding carboxylic acids is 1. The van der Waals surface area contributed by atoms with Crippen molar-refractivity contribution in [1.82, 2.24) is 24.8 Å². The molecule has 1 aromatic heterocycles. The maximum absolute atomic E-state index is 11.9. The van der Waals surface area contributed by atoms with E-state index in [9.17, 15) is 13.2 Å². The molecule has 24 heavy (non-hydrogen) atoms. The number of carbonyl (C=O) groups is 1. The fraction of sp³-hybridized carbons (Fsp3) is 0.400. The zero-order chi connectivity index (χ0) is 17.6. The van der Waals surface area contributed by atoms with Gasteiger partial charge in [-0.3, -0.25) is 4.79 Å². The first-order chi connectivity index (χ1) is 11.3. The van der Waals surface area contributed by atoms with Gasteiger partial charge in [0.05, 0.1) is 18.8 Å². The minimum absolute atomic E-state index is 0.184. The van der Waals surface area contributed by atoms with Crippen molar-refractivity contribution < 1.29 is 13.2 Å². The molecule has 0 aliphatic carbocycles. The van der Waals surface area contributed by atoms with E-state index in [2.05, 4.69) is 20.2 Å². The molecular weight excluding hydrogens is 330 g/mol. The number of nitrogens with one attached hydrogen (secondary N) is 2. The molecule has 9 heteroatoms. The van der Waals surface area contributed by atoms with Gasteiger partial charge in [-0.05, 0) is 18.9 Å². The third-order valence-electron chi connectivity index (χ3n) is 3.38. The van der Waals surface area contributed by atoms with Crippen molar-refractivity contribution in [2.24, 2.45) is 0 Å². The van der Waals surface area contributed by atoms with Crippen LogP contribution in [0.25, 0.3) is 0 Å². The molecule has 8 nitrogen and oxygen atoms in total. The van der Waals surface area contributed by atoms with Crippen molar-refractivity contribution >= 4 is 15.9 Å². The fourth-order valence-corrected chi connectivity index (χ4v) is 2.94. The lowest BCUT2D eigenvalue weighted by molar-refractivity contribution is -0.122. The molecule has 0 fully saturated rings. The highest BCUT2D eigenvalue weighted by Gasteiger charge is 2.17.